The minimum atomic E-state index is -1.15. The largest absolute Gasteiger partial charge is 0.480 e. The van der Waals surface area contributed by atoms with Crippen molar-refractivity contribution in [3.8, 4) is 0 Å². The van der Waals surface area contributed by atoms with Gasteiger partial charge >= 0.3 is 5.97 Å². The lowest BCUT2D eigenvalue weighted by molar-refractivity contribution is -0.141. The van der Waals surface area contributed by atoms with E-state index in [0.29, 0.717) is 0 Å². The summed E-state index contributed by atoms with van der Waals surface area (Å²) in [4.78, 5) is 32.6. The first-order valence-corrected chi connectivity index (χ1v) is 5.18. The van der Waals surface area contributed by atoms with Gasteiger partial charge in [-0.25, -0.2) is 0 Å². The highest BCUT2D eigenvalue weighted by Gasteiger charge is 2.16. The molecule has 8 heteroatoms. The molecule has 92 valence electrons. The summed E-state index contributed by atoms with van der Waals surface area (Å²) in [6, 6.07) is -1.78. The predicted molar refractivity (Wildman–Crippen MR) is 60.1 cm³/mol. The summed E-state index contributed by atoms with van der Waals surface area (Å²) in [5.41, 5.74) is 5.34. The molecule has 16 heavy (non-hydrogen) atoms. The number of nitrogens with one attached hydrogen (secondary N) is 2. The number of aliphatic carboxylic acids is 1. The lowest BCUT2D eigenvalue weighted by atomic mass is 10.3. The molecule has 0 aliphatic heterocycles. The normalized spacial score (nSPS) is 13.7. The maximum Gasteiger partial charge on any atom is 0.325 e. The van der Waals surface area contributed by atoms with Crippen molar-refractivity contribution < 1.29 is 19.5 Å². The van der Waals surface area contributed by atoms with Crippen LogP contribution in [0.3, 0.4) is 0 Å². The zero-order valence-corrected chi connectivity index (χ0v) is 9.66. The first kappa shape index (κ1) is 14.7. The highest BCUT2D eigenvalue weighted by molar-refractivity contribution is 7.80. The van der Waals surface area contributed by atoms with Crippen LogP contribution in [0.15, 0.2) is 0 Å². The monoisotopic (exact) mass is 249 g/mol. The maximum absolute atomic E-state index is 11.1. The summed E-state index contributed by atoms with van der Waals surface area (Å²) >= 11 is 3.82. The second kappa shape index (κ2) is 7.07. The van der Waals surface area contributed by atoms with Crippen LogP contribution in [0, 0.1) is 0 Å². The predicted octanol–water partition coefficient (Wildman–Crippen LogP) is -2.05. The van der Waals surface area contributed by atoms with Gasteiger partial charge in [0.15, 0.2) is 0 Å². The van der Waals surface area contributed by atoms with Crippen LogP contribution in [-0.4, -0.2) is 47.3 Å². The fourth-order valence-corrected chi connectivity index (χ4v) is 0.901. The first-order valence-electron chi connectivity index (χ1n) is 4.54. The van der Waals surface area contributed by atoms with Crippen LogP contribution >= 0.6 is 12.6 Å². The average molecular weight is 249 g/mol. The number of hydrogen-bond donors (Lipinski definition) is 5. The van der Waals surface area contributed by atoms with Gasteiger partial charge < -0.3 is 21.5 Å². The lowest BCUT2D eigenvalue weighted by Gasteiger charge is -2.11. The molecule has 0 aliphatic rings. The van der Waals surface area contributed by atoms with Crippen molar-refractivity contribution >= 4 is 30.4 Å². The highest BCUT2D eigenvalue weighted by atomic mass is 32.1. The molecule has 0 unspecified atom stereocenters. The SMILES string of the molecule is C[C@H](NC(=O)CNC(=O)[C@@H](N)CS)C(=O)O. The number of rotatable bonds is 6. The fourth-order valence-electron chi connectivity index (χ4n) is 0.736. The molecule has 0 saturated carbocycles. The van der Waals surface area contributed by atoms with E-state index in [1.54, 1.807) is 0 Å². The van der Waals surface area contributed by atoms with E-state index in [1.165, 1.54) is 6.92 Å². The zero-order valence-electron chi connectivity index (χ0n) is 8.77. The summed E-state index contributed by atoms with van der Waals surface area (Å²) in [5.74, 6) is -2.08. The topological polar surface area (TPSA) is 122 Å². The molecule has 0 fully saturated rings. The van der Waals surface area contributed by atoms with E-state index in [-0.39, 0.29) is 12.3 Å². The Morgan fingerprint density at radius 2 is 2.00 bits per heavy atom. The Bertz CT molecular complexity index is 284. The van der Waals surface area contributed by atoms with Crippen molar-refractivity contribution in [2.45, 2.75) is 19.0 Å². The third-order valence-electron chi connectivity index (χ3n) is 1.70. The van der Waals surface area contributed by atoms with Gasteiger partial charge in [0.1, 0.15) is 6.04 Å². The molecule has 0 bridgehead atoms. The summed E-state index contributed by atoms with van der Waals surface area (Å²) in [7, 11) is 0. The van der Waals surface area contributed by atoms with E-state index in [4.69, 9.17) is 10.8 Å². The molecule has 2 amide bonds. The highest BCUT2D eigenvalue weighted by Crippen LogP contribution is 1.84. The molecule has 0 aromatic heterocycles. The molecule has 0 aromatic carbocycles. The summed E-state index contributed by atoms with van der Waals surface area (Å²) in [6.45, 7) is 1.01. The van der Waals surface area contributed by atoms with Crippen LogP contribution in [0.1, 0.15) is 6.92 Å². The Morgan fingerprint density at radius 3 is 2.44 bits per heavy atom. The molecular formula is C8H15N3O4S. The number of hydrogen-bond acceptors (Lipinski definition) is 5. The van der Waals surface area contributed by atoms with E-state index in [1.807, 2.05) is 0 Å². The van der Waals surface area contributed by atoms with E-state index in [9.17, 15) is 14.4 Å². The third-order valence-corrected chi connectivity index (χ3v) is 2.10. The van der Waals surface area contributed by atoms with Crippen LogP contribution in [0.25, 0.3) is 0 Å². The number of carboxylic acid groups (broad SMARTS) is 1. The second-order valence-corrected chi connectivity index (χ2v) is 3.50. The number of nitrogens with two attached hydrogens (primary N) is 1. The van der Waals surface area contributed by atoms with Gasteiger partial charge in [-0.05, 0) is 6.92 Å². The standard InChI is InChI=1S/C8H15N3O4S/c1-4(8(14)15)11-6(12)2-10-7(13)5(9)3-16/h4-5,16H,2-3,9H2,1H3,(H,10,13)(H,11,12)(H,14,15)/t4-,5-/m0/s1. The van der Waals surface area contributed by atoms with E-state index < -0.39 is 29.9 Å². The third kappa shape index (κ3) is 5.56. The molecule has 0 saturated heterocycles. The summed E-state index contributed by atoms with van der Waals surface area (Å²) < 4.78 is 0. The van der Waals surface area contributed by atoms with Crippen molar-refractivity contribution in [2.75, 3.05) is 12.3 Å². The average Bonchev–Trinajstić information content (AvgIpc) is 2.24. The van der Waals surface area contributed by atoms with Gasteiger partial charge in [-0.3, -0.25) is 14.4 Å². The summed E-state index contributed by atoms with van der Waals surface area (Å²) in [5, 5.41) is 12.9. The number of thiol groups is 1. The number of carbonyl (C=O) groups excluding carboxylic acids is 2. The molecule has 0 radical (unpaired) electrons. The fraction of sp³-hybridized carbons (Fsp3) is 0.625. The first-order chi connectivity index (χ1) is 7.38. The van der Waals surface area contributed by atoms with Crippen LogP contribution in [0.4, 0.5) is 0 Å². The van der Waals surface area contributed by atoms with Gasteiger partial charge in [-0.1, -0.05) is 0 Å². The van der Waals surface area contributed by atoms with E-state index >= 15 is 0 Å². The minimum absolute atomic E-state index is 0.166. The van der Waals surface area contributed by atoms with Crippen molar-refractivity contribution in [3.63, 3.8) is 0 Å². The van der Waals surface area contributed by atoms with Crippen LogP contribution in [0.2, 0.25) is 0 Å². The van der Waals surface area contributed by atoms with Crippen LogP contribution in [0.5, 0.6) is 0 Å². The van der Waals surface area contributed by atoms with Crippen molar-refractivity contribution in [2.24, 2.45) is 5.73 Å². The van der Waals surface area contributed by atoms with Gasteiger partial charge in [0.2, 0.25) is 11.8 Å². The molecule has 2 atom stereocenters. The van der Waals surface area contributed by atoms with Gasteiger partial charge in [0, 0.05) is 5.75 Å². The molecule has 5 N–H and O–H groups in total. The number of carboxylic acids is 1. The Kier molecular flexibility index (Phi) is 6.50. The Balaban J connectivity index is 3.90. The Morgan fingerprint density at radius 1 is 1.44 bits per heavy atom. The van der Waals surface area contributed by atoms with Crippen molar-refractivity contribution in [1.82, 2.24) is 10.6 Å². The van der Waals surface area contributed by atoms with Crippen LogP contribution in [-0.2, 0) is 14.4 Å². The van der Waals surface area contributed by atoms with Gasteiger partial charge in [-0.2, -0.15) is 12.6 Å². The molecule has 0 aliphatic carbocycles. The van der Waals surface area contributed by atoms with Gasteiger partial charge in [-0.15, -0.1) is 0 Å². The second-order valence-electron chi connectivity index (χ2n) is 3.13. The molecule has 0 rings (SSSR count). The van der Waals surface area contributed by atoms with Crippen LogP contribution < -0.4 is 16.4 Å². The molecular weight excluding hydrogens is 234 g/mol. The van der Waals surface area contributed by atoms with Crippen molar-refractivity contribution in [3.05, 3.63) is 0 Å². The van der Waals surface area contributed by atoms with Crippen molar-refractivity contribution in [1.29, 1.82) is 0 Å². The minimum Gasteiger partial charge on any atom is -0.480 e. The quantitative estimate of drug-likeness (QED) is 0.347. The smallest absolute Gasteiger partial charge is 0.325 e. The summed E-state index contributed by atoms with van der Waals surface area (Å²) in [6.07, 6.45) is 0. The molecule has 0 spiro atoms. The van der Waals surface area contributed by atoms with E-state index in [2.05, 4.69) is 23.3 Å². The lowest BCUT2D eigenvalue weighted by Crippen LogP contribution is -2.48. The molecule has 0 heterocycles. The molecule has 7 nitrogen and oxygen atoms in total. The molecule has 0 aromatic rings. The number of amides is 2. The zero-order chi connectivity index (χ0) is 12.7. The Labute approximate surface area is 98.2 Å². The van der Waals surface area contributed by atoms with Gasteiger partial charge in [0.25, 0.3) is 0 Å². The Hall–Kier alpha value is -1.28. The van der Waals surface area contributed by atoms with Gasteiger partial charge in [0.05, 0.1) is 12.6 Å². The number of carbonyl (C=O) groups is 3. The van der Waals surface area contributed by atoms with E-state index in [0.717, 1.165) is 0 Å². The maximum atomic E-state index is 11.1.